The van der Waals surface area contributed by atoms with Crippen LogP contribution in [-0.4, -0.2) is 72.4 Å². The van der Waals surface area contributed by atoms with Gasteiger partial charge in [-0.05, 0) is 63.5 Å². The number of carbonyl (C=O) groups is 2. The molecule has 0 aromatic heterocycles. The third-order valence-corrected chi connectivity index (χ3v) is 6.56. The first-order chi connectivity index (χ1) is 12.2. The molecule has 3 rings (SSSR count). The second-order valence-electron chi connectivity index (χ2n) is 7.80. The molecule has 25 heavy (non-hydrogen) atoms. The van der Waals surface area contributed by atoms with Crippen molar-refractivity contribution in [2.24, 2.45) is 11.8 Å². The van der Waals surface area contributed by atoms with E-state index in [1.165, 1.54) is 0 Å². The maximum Gasteiger partial charge on any atom is 0.225 e. The molecule has 0 radical (unpaired) electrons. The van der Waals surface area contributed by atoms with Gasteiger partial charge in [0.2, 0.25) is 11.8 Å². The van der Waals surface area contributed by atoms with Gasteiger partial charge in [-0.15, -0.1) is 0 Å². The number of amides is 2. The van der Waals surface area contributed by atoms with Crippen molar-refractivity contribution in [3.05, 3.63) is 0 Å². The van der Waals surface area contributed by atoms with Crippen molar-refractivity contribution >= 4 is 23.6 Å². The lowest BCUT2D eigenvalue weighted by atomic mass is 9.93. The minimum atomic E-state index is 0.147. The number of likely N-dealkylation sites (tertiary alicyclic amines) is 2. The minimum absolute atomic E-state index is 0.147. The van der Waals surface area contributed by atoms with Crippen LogP contribution in [0.15, 0.2) is 0 Å². The molecule has 3 aliphatic rings. The Hall–Kier alpha value is -0.750. The van der Waals surface area contributed by atoms with E-state index in [9.17, 15) is 9.59 Å². The zero-order chi connectivity index (χ0) is 17.6. The third-order valence-electron chi connectivity index (χ3n) is 5.87. The van der Waals surface area contributed by atoms with Crippen LogP contribution in [0.3, 0.4) is 0 Å². The van der Waals surface area contributed by atoms with E-state index >= 15 is 0 Å². The zero-order valence-electron chi connectivity index (χ0n) is 15.5. The Morgan fingerprint density at radius 3 is 2.48 bits per heavy atom. The second-order valence-corrected chi connectivity index (χ2v) is 8.79. The molecular weight excluding hydrogens is 334 g/mol. The monoisotopic (exact) mass is 367 g/mol. The topological polar surface area (TPSA) is 52.7 Å². The Bertz CT molecular complexity index is 462. The van der Waals surface area contributed by atoms with Crippen LogP contribution in [-0.2, 0) is 9.59 Å². The molecule has 2 heterocycles. The van der Waals surface area contributed by atoms with Gasteiger partial charge < -0.3 is 10.2 Å². The Balaban J connectivity index is 1.40. The number of hydrogen-bond acceptors (Lipinski definition) is 4. The van der Waals surface area contributed by atoms with Gasteiger partial charge in [0, 0.05) is 38.1 Å². The highest BCUT2D eigenvalue weighted by molar-refractivity contribution is 7.98. The molecule has 2 saturated heterocycles. The van der Waals surface area contributed by atoms with E-state index in [0.29, 0.717) is 17.9 Å². The lowest BCUT2D eigenvalue weighted by molar-refractivity contribution is -0.134. The fourth-order valence-electron chi connectivity index (χ4n) is 4.16. The maximum absolute atomic E-state index is 12.4. The van der Waals surface area contributed by atoms with Crippen LogP contribution in [0.5, 0.6) is 0 Å². The molecule has 0 unspecified atom stereocenters. The first-order valence-corrected chi connectivity index (χ1v) is 11.4. The van der Waals surface area contributed by atoms with E-state index in [2.05, 4.69) is 21.4 Å². The number of nitrogens with one attached hydrogen (secondary N) is 1. The molecule has 142 valence electrons. The number of rotatable bonds is 7. The molecule has 6 heteroatoms. The average Bonchev–Trinajstić information content (AvgIpc) is 3.50. The van der Waals surface area contributed by atoms with E-state index in [1.54, 1.807) is 0 Å². The quantitative estimate of drug-likeness (QED) is 0.699. The van der Waals surface area contributed by atoms with Crippen LogP contribution in [0.1, 0.15) is 44.9 Å². The number of piperidine rings is 2. The van der Waals surface area contributed by atoms with E-state index in [4.69, 9.17) is 0 Å². The van der Waals surface area contributed by atoms with Crippen molar-refractivity contribution in [1.29, 1.82) is 0 Å². The molecule has 0 bridgehead atoms. The fourth-order valence-corrected chi connectivity index (χ4v) is 4.60. The van der Waals surface area contributed by atoms with Gasteiger partial charge in [0.1, 0.15) is 0 Å². The van der Waals surface area contributed by atoms with Gasteiger partial charge in [-0.25, -0.2) is 0 Å². The molecule has 0 aromatic rings. The standard InChI is InChI=1S/C19H33N3O2S/c1-25-13-3-9-20-18(23)16-4-2-10-22(14-16)17-7-11-21(12-8-17)19(24)15-5-6-15/h15-17H,2-14H2,1H3,(H,20,23)/t16-/m1/s1. The predicted octanol–water partition coefficient (Wildman–Crippen LogP) is 1.97. The lowest BCUT2D eigenvalue weighted by Gasteiger charge is -2.42. The van der Waals surface area contributed by atoms with Crippen LogP contribution in [0, 0.1) is 11.8 Å². The second kappa shape index (κ2) is 9.26. The van der Waals surface area contributed by atoms with Gasteiger partial charge >= 0.3 is 0 Å². The summed E-state index contributed by atoms with van der Waals surface area (Å²) in [5.74, 6) is 2.22. The summed E-state index contributed by atoms with van der Waals surface area (Å²) in [4.78, 5) is 29.2. The number of hydrogen-bond donors (Lipinski definition) is 1. The Morgan fingerprint density at radius 2 is 1.80 bits per heavy atom. The van der Waals surface area contributed by atoms with Crippen LogP contribution in [0.25, 0.3) is 0 Å². The summed E-state index contributed by atoms with van der Waals surface area (Å²) in [6.45, 7) is 4.62. The first-order valence-electron chi connectivity index (χ1n) is 9.98. The van der Waals surface area contributed by atoms with Crippen LogP contribution < -0.4 is 5.32 Å². The molecule has 2 amide bonds. The van der Waals surface area contributed by atoms with Gasteiger partial charge in [-0.3, -0.25) is 14.5 Å². The highest BCUT2D eigenvalue weighted by atomic mass is 32.2. The van der Waals surface area contributed by atoms with Gasteiger partial charge in [0.25, 0.3) is 0 Å². The SMILES string of the molecule is CSCCCNC(=O)[C@@H]1CCCN(C2CCN(C(=O)C3CC3)CC2)C1. The van der Waals surface area contributed by atoms with Gasteiger partial charge in [0.15, 0.2) is 0 Å². The average molecular weight is 368 g/mol. The molecule has 1 saturated carbocycles. The molecule has 2 aliphatic heterocycles. The van der Waals surface area contributed by atoms with Gasteiger partial charge in [0.05, 0.1) is 5.92 Å². The normalized spacial score (nSPS) is 25.8. The van der Waals surface area contributed by atoms with E-state index in [1.807, 2.05) is 11.8 Å². The summed E-state index contributed by atoms with van der Waals surface area (Å²) < 4.78 is 0. The summed E-state index contributed by atoms with van der Waals surface area (Å²) in [5, 5.41) is 3.12. The zero-order valence-corrected chi connectivity index (χ0v) is 16.4. The summed E-state index contributed by atoms with van der Waals surface area (Å²) in [6, 6.07) is 0.551. The highest BCUT2D eigenvalue weighted by Gasteiger charge is 2.37. The largest absolute Gasteiger partial charge is 0.356 e. The van der Waals surface area contributed by atoms with Gasteiger partial charge in [-0.1, -0.05) is 0 Å². The number of thioether (sulfide) groups is 1. The lowest BCUT2D eigenvalue weighted by Crippen LogP contribution is -2.51. The van der Waals surface area contributed by atoms with Crippen molar-refractivity contribution in [3.8, 4) is 0 Å². The van der Waals surface area contributed by atoms with Crippen molar-refractivity contribution < 1.29 is 9.59 Å². The first kappa shape index (κ1) is 19.0. The molecule has 1 atom stereocenters. The van der Waals surface area contributed by atoms with Crippen molar-refractivity contribution in [2.75, 3.05) is 44.7 Å². The fraction of sp³-hybridized carbons (Fsp3) is 0.895. The van der Waals surface area contributed by atoms with Crippen LogP contribution in [0.2, 0.25) is 0 Å². The van der Waals surface area contributed by atoms with E-state index in [-0.39, 0.29) is 11.8 Å². The molecule has 5 nitrogen and oxygen atoms in total. The highest BCUT2D eigenvalue weighted by Crippen LogP contribution is 2.32. The Morgan fingerprint density at radius 1 is 1.04 bits per heavy atom. The van der Waals surface area contributed by atoms with E-state index < -0.39 is 0 Å². The molecular formula is C19H33N3O2S. The summed E-state index contributed by atoms with van der Waals surface area (Å²) in [7, 11) is 0. The van der Waals surface area contributed by atoms with Crippen LogP contribution in [0.4, 0.5) is 0 Å². The summed E-state index contributed by atoms with van der Waals surface area (Å²) in [6.07, 6.45) is 9.62. The number of carbonyl (C=O) groups excluding carboxylic acids is 2. The predicted molar refractivity (Wildman–Crippen MR) is 103 cm³/mol. The molecule has 3 fully saturated rings. The van der Waals surface area contributed by atoms with E-state index in [0.717, 1.165) is 83.4 Å². The molecule has 0 aromatic carbocycles. The number of nitrogens with zero attached hydrogens (tertiary/aromatic N) is 2. The Kier molecular flexibility index (Phi) is 7.05. The van der Waals surface area contributed by atoms with Gasteiger partial charge in [-0.2, -0.15) is 11.8 Å². The van der Waals surface area contributed by atoms with Crippen LogP contribution >= 0.6 is 11.8 Å². The molecule has 0 spiro atoms. The third kappa shape index (κ3) is 5.36. The summed E-state index contributed by atoms with van der Waals surface area (Å²) in [5.41, 5.74) is 0. The Labute approximate surface area is 156 Å². The minimum Gasteiger partial charge on any atom is -0.356 e. The van der Waals surface area contributed by atoms with Crippen molar-refractivity contribution in [1.82, 2.24) is 15.1 Å². The molecule has 1 aliphatic carbocycles. The van der Waals surface area contributed by atoms with Crippen molar-refractivity contribution in [2.45, 2.75) is 51.0 Å². The van der Waals surface area contributed by atoms with Crippen molar-refractivity contribution in [3.63, 3.8) is 0 Å². The maximum atomic E-state index is 12.4. The molecule has 1 N–H and O–H groups in total. The smallest absolute Gasteiger partial charge is 0.225 e. The summed E-state index contributed by atoms with van der Waals surface area (Å²) >= 11 is 1.83.